The average Bonchev–Trinajstić information content (AvgIpc) is 2.63. The summed E-state index contributed by atoms with van der Waals surface area (Å²) >= 11 is 0. The number of amides is 2. The Morgan fingerprint density at radius 2 is 2.13 bits per heavy atom. The van der Waals surface area contributed by atoms with Gasteiger partial charge in [0.2, 0.25) is 11.8 Å². The Bertz CT molecular complexity index is 270. The van der Waals surface area contributed by atoms with Crippen molar-refractivity contribution < 1.29 is 9.59 Å². The van der Waals surface area contributed by atoms with Gasteiger partial charge in [0.25, 0.3) is 0 Å². The number of hydrogen-bond acceptors (Lipinski definition) is 2. The molecule has 1 saturated heterocycles. The quantitative estimate of drug-likeness (QED) is 0.649. The lowest BCUT2D eigenvalue weighted by Crippen LogP contribution is -2.29. The van der Waals surface area contributed by atoms with Gasteiger partial charge in [0.05, 0.1) is 0 Å². The fourth-order valence-electron chi connectivity index (χ4n) is 1.62. The van der Waals surface area contributed by atoms with Gasteiger partial charge in [-0.1, -0.05) is 0 Å². The minimum Gasteiger partial charge on any atom is -0.340 e. The molecule has 15 heavy (non-hydrogen) atoms. The fraction of sp³-hybridized carbons (Fsp3) is 0.636. The SMILES string of the molecule is CCN(CC)C(=O)/C=C/N1CCCC1=O. The highest BCUT2D eigenvalue weighted by atomic mass is 16.2. The molecule has 0 spiro atoms. The number of carbonyl (C=O) groups excluding carboxylic acids is 2. The highest BCUT2D eigenvalue weighted by Gasteiger charge is 2.17. The van der Waals surface area contributed by atoms with Crippen LogP contribution in [0, 0.1) is 0 Å². The van der Waals surface area contributed by atoms with Crippen LogP contribution < -0.4 is 0 Å². The molecule has 2 amide bonds. The van der Waals surface area contributed by atoms with Crippen molar-refractivity contribution in [2.24, 2.45) is 0 Å². The number of hydrogen-bond donors (Lipinski definition) is 0. The zero-order valence-corrected chi connectivity index (χ0v) is 9.40. The lowest BCUT2D eigenvalue weighted by Gasteiger charge is -2.16. The summed E-state index contributed by atoms with van der Waals surface area (Å²) in [5.74, 6) is 0.0818. The second kappa shape index (κ2) is 5.53. The molecule has 0 unspecified atom stereocenters. The minimum absolute atomic E-state index is 0.0281. The summed E-state index contributed by atoms with van der Waals surface area (Å²) < 4.78 is 0. The Kier molecular flexibility index (Phi) is 4.34. The molecule has 0 aromatic rings. The van der Waals surface area contributed by atoms with E-state index in [2.05, 4.69) is 0 Å². The molecule has 0 aliphatic carbocycles. The molecule has 0 N–H and O–H groups in total. The molecule has 0 saturated carbocycles. The Labute approximate surface area is 90.5 Å². The van der Waals surface area contributed by atoms with Crippen LogP contribution in [0.4, 0.5) is 0 Å². The molecule has 0 bridgehead atoms. The van der Waals surface area contributed by atoms with Crippen LogP contribution in [0.2, 0.25) is 0 Å². The van der Waals surface area contributed by atoms with Crippen LogP contribution in [-0.2, 0) is 9.59 Å². The third-order valence-electron chi connectivity index (χ3n) is 2.58. The molecule has 84 valence electrons. The third kappa shape index (κ3) is 3.08. The number of carbonyl (C=O) groups is 2. The Morgan fingerprint density at radius 1 is 1.47 bits per heavy atom. The van der Waals surface area contributed by atoms with Crippen molar-refractivity contribution in [2.75, 3.05) is 19.6 Å². The van der Waals surface area contributed by atoms with Gasteiger partial charge >= 0.3 is 0 Å². The van der Waals surface area contributed by atoms with E-state index in [1.54, 1.807) is 16.0 Å². The molecule has 0 aromatic heterocycles. The van der Waals surface area contributed by atoms with E-state index < -0.39 is 0 Å². The number of likely N-dealkylation sites (tertiary alicyclic amines) is 1. The molecule has 4 nitrogen and oxygen atoms in total. The summed E-state index contributed by atoms with van der Waals surface area (Å²) in [7, 11) is 0. The lowest BCUT2D eigenvalue weighted by molar-refractivity contribution is -0.125. The van der Waals surface area contributed by atoms with Crippen LogP contribution in [0.3, 0.4) is 0 Å². The largest absolute Gasteiger partial charge is 0.340 e. The predicted octanol–water partition coefficient (Wildman–Crippen LogP) is 0.991. The van der Waals surface area contributed by atoms with Gasteiger partial charge in [-0.05, 0) is 20.3 Å². The van der Waals surface area contributed by atoms with Crippen molar-refractivity contribution >= 4 is 11.8 Å². The van der Waals surface area contributed by atoms with Crippen LogP contribution in [0.1, 0.15) is 26.7 Å². The average molecular weight is 210 g/mol. The molecule has 1 heterocycles. The van der Waals surface area contributed by atoms with Crippen LogP contribution in [-0.4, -0.2) is 41.2 Å². The monoisotopic (exact) mass is 210 g/mol. The maximum atomic E-state index is 11.6. The first-order chi connectivity index (χ1) is 7.19. The summed E-state index contributed by atoms with van der Waals surface area (Å²) in [5, 5.41) is 0. The van der Waals surface area contributed by atoms with Crippen molar-refractivity contribution in [1.29, 1.82) is 0 Å². The standard InChI is InChI=1S/C11H18N2O2/c1-3-12(4-2)11(15)7-9-13-8-5-6-10(13)14/h7,9H,3-6,8H2,1-2H3/b9-7+. The minimum atomic E-state index is -0.0281. The molecule has 1 aliphatic rings. The summed E-state index contributed by atoms with van der Waals surface area (Å²) in [6.07, 6.45) is 4.58. The summed E-state index contributed by atoms with van der Waals surface area (Å²) in [6.45, 7) is 6.02. The van der Waals surface area contributed by atoms with Gasteiger partial charge in [-0.25, -0.2) is 0 Å². The maximum absolute atomic E-state index is 11.6. The van der Waals surface area contributed by atoms with Gasteiger partial charge in [0.15, 0.2) is 0 Å². The highest BCUT2D eigenvalue weighted by Crippen LogP contribution is 2.09. The number of rotatable bonds is 4. The van der Waals surface area contributed by atoms with Gasteiger partial charge in [0.1, 0.15) is 0 Å². The second-order valence-corrected chi connectivity index (χ2v) is 3.52. The van der Waals surface area contributed by atoms with Gasteiger partial charge < -0.3 is 9.80 Å². The third-order valence-corrected chi connectivity index (χ3v) is 2.58. The van der Waals surface area contributed by atoms with Crippen molar-refractivity contribution in [2.45, 2.75) is 26.7 Å². The molecule has 0 atom stereocenters. The van der Waals surface area contributed by atoms with Gasteiger partial charge in [0, 0.05) is 38.3 Å². The highest BCUT2D eigenvalue weighted by molar-refractivity contribution is 5.88. The summed E-state index contributed by atoms with van der Waals surface area (Å²) in [5.41, 5.74) is 0. The van der Waals surface area contributed by atoms with Crippen LogP contribution in [0.25, 0.3) is 0 Å². The maximum Gasteiger partial charge on any atom is 0.248 e. The van der Waals surface area contributed by atoms with Crippen molar-refractivity contribution in [3.63, 3.8) is 0 Å². The Balaban J connectivity index is 2.49. The molecule has 1 fully saturated rings. The molecular weight excluding hydrogens is 192 g/mol. The van der Waals surface area contributed by atoms with Crippen LogP contribution >= 0.6 is 0 Å². The summed E-state index contributed by atoms with van der Waals surface area (Å²) in [6, 6.07) is 0. The lowest BCUT2D eigenvalue weighted by atomic mass is 10.4. The predicted molar refractivity (Wildman–Crippen MR) is 58.0 cm³/mol. The van der Waals surface area contributed by atoms with Crippen molar-refractivity contribution in [3.05, 3.63) is 12.3 Å². The second-order valence-electron chi connectivity index (χ2n) is 3.52. The van der Waals surface area contributed by atoms with E-state index in [-0.39, 0.29) is 11.8 Å². The topological polar surface area (TPSA) is 40.6 Å². The van der Waals surface area contributed by atoms with E-state index in [1.165, 1.54) is 6.08 Å². The smallest absolute Gasteiger partial charge is 0.248 e. The van der Waals surface area contributed by atoms with E-state index in [4.69, 9.17) is 0 Å². The Hall–Kier alpha value is -1.32. The zero-order valence-electron chi connectivity index (χ0n) is 9.40. The Morgan fingerprint density at radius 3 is 2.60 bits per heavy atom. The first kappa shape index (κ1) is 11.8. The molecule has 0 aromatic carbocycles. The van der Waals surface area contributed by atoms with E-state index in [1.807, 2.05) is 13.8 Å². The molecule has 0 radical (unpaired) electrons. The first-order valence-electron chi connectivity index (χ1n) is 5.45. The molecular formula is C11H18N2O2. The normalized spacial score (nSPS) is 16.4. The zero-order chi connectivity index (χ0) is 11.3. The van der Waals surface area contributed by atoms with Crippen molar-refractivity contribution in [3.8, 4) is 0 Å². The van der Waals surface area contributed by atoms with Gasteiger partial charge in [-0.3, -0.25) is 9.59 Å². The molecule has 4 heteroatoms. The molecule has 1 rings (SSSR count). The van der Waals surface area contributed by atoms with E-state index in [0.717, 1.165) is 13.0 Å². The van der Waals surface area contributed by atoms with E-state index in [9.17, 15) is 9.59 Å². The van der Waals surface area contributed by atoms with Crippen LogP contribution in [0.5, 0.6) is 0 Å². The van der Waals surface area contributed by atoms with E-state index >= 15 is 0 Å². The number of nitrogens with zero attached hydrogens (tertiary/aromatic N) is 2. The molecule has 1 aliphatic heterocycles. The number of likely N-dealkylation sites (N-methyl/N-ethyl adjacent to an activating group) is 1. The van der Waals surface area contributed by atoms with Crippen LogP contribution in [0.15, 0.2) is 12.3 Å². The van der Waals surface area contributed by atoms with Gasteiger partial charge in [-0.15, -0.1) is 0 Å². The summed E-state index contributed by atoms with van der Waals surface area (Å²) in [4.78, 5) is 26.1. The first-order valence-corrected chi connectivity index (χ1v) is 5.45. The fourth-order valence-corrected chi connectivity index (χ4v) is 1.62. The van der Waals surface area contributed by atoms with E-state index in [0.29, 0.717) is 19.5 Å². The van der Waals surface area contributed by atoms with Gasteiger partial charge in [-0.2, -0.15) is 0 Å². The van der Waals surface area contributed by atoms with Crippen molar-refractivity contribution in [1.82, 2.24) is 9.80 Å².